The predicted octanol–water partition coefficient (Wildman–Crippen LogP) is 2.07. The molecule has 1 heterocycles. The maximum atomic E-state index is 11.9. The Morgan fingerprint density at radius 1 is 1.43 bits per heavy atom. The Balaban J connectivity index is 2.45. The van der Waals surface area contributed by atoms with Crippen LogP contribution in [0.15, 0.2) is 12.3 Å². The minimum Gasteiger partial charge on any atom is -0.365 e. The Labute approximate surface area is 86.0 Å². The third kappa shape index (κ3) is 0.760. The molecule has 0 radical (unpaired) electrons. The number of carbonyl (C=O) groups is 1. The van der Waals surface area contributed by atoms with Gasteiger partial charge in [-0.05, 0) is 11.8 Å². The van der Waals surface area contributed by atoms with E-state index in [1.807, 2.05) is 7.05 Å². The van der Waals surface area contributed by atoms with Gasteiger partial charge in [0, 0.05) is 25.1 Å². The van der Waals surface area contributed by atoms with Gasteiger partial charge in [-0.2, -0.15) is 0 Å². The molecule has 2 heteroatoms. The fourth-order valence-corrected chi connectivity index (χ4v) is 3.48. The summed E-state index contributed by atoms with van der Waals surface area (Å²) >= 11 is 0. The van der Waals surface area contributed by atoms with E-state index in [9.17, 15) is 4.79 Å². The minimum atomic E-state index is -0.212. The average Bonchev–Trinajstić information content (AvgIpc) is 2.31. The van der Waals surface area contributed by atoms with Crippen LogP contribution in [-0.2, 0) is 4.79 Å². The van der Waals surface area contributed by atoms with E-state index in [1.165, 1.54) is 0 Å². The van der Waals surface area contributed by atoms with Gasteiger partial charge in [0.15, 0.2) is 5.78 Å². The number of ketones is 1. The predicted molar refractivity (Wildman–Crippen MR) is 56.8 cm³/mol. The molecular formula is C12H19NO. The summed E-state index contributed by atoms with van der Waals surface area (Å²) in [6.07, 6.45) is 0.745. The van der Waals surface area contributed by atoms with E-state index in [-0.39, 0.29) is 5.54 Å². The summed E-state index contributed by atoms with van der Waals surface area (Å²) in [6, 6.07) is 0. The fraction of sp³-hybridized carbons (Fsp3) is 0.750. The van der Waals surface area contributed by atoms with Crippen LogP contribution >= 0.6 is 0 Å². The molecule has 0 amide bonds. The van der Waals surface area contributed by atoms with Crippen LogP contribution in [0.4, 0.5) is 0 Å². The standard InChI is InChI=1S/C12H19NO/c1-7-6-11(14)12(7)9(3)8(2)10(4)13(12)5/h7-9H,4,6H2,1-3,5H3. The van der Waals surface area contributed by atoms with Gasteiger partial charge < -0.3 is 4.90 Å². The summed E-state index contributed by atoms with van der Waals surface area (Å²) < 4.78 is 0. The zero-order valence-corrected chi connectivity index (χ0v) is 9.50. The zero-order valence-electron chi connectivity index (χ0n) is 9.50. The number of Topliss-reactive ketones (excluding diaryl/α,β-unsaturated/α-hetero) is 1. The van der Waals surface area contributed by atoms with Crippen LogP contribution in [0.5, 0.6) is 0 Å². The number of hydrogen-bond donors (Lipinski definition) is 0. The molecule has 0 aromatic carbocycles. The lowest BCUT2D eigenvalue weighted by atomic mass is 9.59. The SMILES string of the molecule is C=C1C(C)C(C)C2(C(=O)CC2C)N1C. The van der Waals surface area contributed by atoms with Crippen molar-refractivity contribution in [3.05, 3.63) is 12.3 Å². The van der Waals surface area contributed by atoms with Gasteiger partial charge in [-0.15, -0.1) is 0 Å². The lowest BCUT2D eigenvalue weighted by molar-refractivity contribution is -0.148. The second-order valence-electron chi connectivity index (χ2n) is 4.98. The molecule has 1 saturated heterocycles. The van der Waals surface area contributed by atoms with Crippen LogP contribution < -0.4 is 0 Å². The molecular weight excluding hydrogens is 174 g/mol. The summed E-state index contributed by atoms with van der Waals surface area (Å²) in [5.74, 6) is 1.74. The van der Waals surface area contributed by atoms with Crippen molar-refractivity contribution in [3.63, 3.8) is 0 Å². The highest BCUT2D eigenvalue weighted by atomic mass is 16.1. The van der Waals surface area contributed by atoms with Gasteiger partial charge in [0.1, 0.15) is 5.54 Å². The van der Waals surface area contributed by atoms with Gasteiger partial charge in [-0.25, -0.2) is 0 Å². The summed E-state index contributed by atoms with van der Waals surface area (Å²) in [5.41, 5.74) is 0.911. The Hall–Kier alpha value is -0.790. The van der Waals surface area contributed by atoms with Crippen molar-refractivity contribution in [2.45, 2.75) is 32.7 Å². The fourth-order valence-electron chi connectivity index (χ4n) is 3.48. The van der Waals surface area contributed by atoms with Gasteiger partial charge in [-0.3, -0.25) is 4.79 Å². The van der Waals surface area contributed by atoms with Gasteiger partial charge in [0.25, 0.3) is 0 Å². The van der Waals surface area contributed by atoms with Crippen LogP contribution in [0.3, 0.4) is 0 Å². The van der Waals surface area contributed by atoms with E-state index in [2.05, 4.69) is 32.3 Å². The Morgan fingerprint density at radius 3 is 2.21 bits per heavy atom. The topological polar surface area (TPSA) is 20.3 Å². The molecule has 2 fully saturated rings. The first-order chi connectivity index (χ1) is 6.44. The number of likely N-dealkylation sites (tertiary alicyclic amines) is 1. The largest absolute Gasteiger partial charge is 0.365 e. The smallest absolute Gasteiger partial charge is 0.159 e. The first kappa shape index (κ1) is 9.75. The third-order valence-corrected chi connectivity index (χ3v) is 4.65. The molecule has 0 bridgehead atoms. The van der Waals surface area contributed by atoms with Crippen molar-refractivity contribution in [1.82, 2.24) is 4.90 Å². The van der Waals surface area contributed by atoms with E-state index in [4.69, 9.17) is 0 Å². The van der Waals surface area contributed by atoms with Crippen molar-refractivity contribution >= 4 is 5.78 Å². The lowest BCUT2D eigenvalue weighted by Crippen LogP contribution is -2.64. The Kier molecular flexibility index (Phi) is 1.82. The number of allylic oxidation sites excluding steroid dienone is 1. The van der Waals surface area contributed by atoms with Crippen molar-refractivity contribution in [3.8, 4) is 0 Å². The van der Waals surface area contributed by atoms with Crippen LogP contribution in [0, 0.1) is 17.8 Å². The first-order valence-corrected chi connectivity index (χ1v) is 5.40. The molecule has 4 atom stereocenters. The average molecular weight is 193 g/mol. The minimum absolute atomic E-state index is 0.212. The van der Waals surface area contributed by atoms with Crippen LogP contribution in [0.2, 0.25) is 0 Å². The highest BCUT2D eigenvalue weighted by Gasteiger charge is 2.63. The van der Waals surface area contributed by atoms with E-state index < -0.39 is 0 Å². The van der Waals surface area contributed by atoms with E-state index in [1.54, 1.807) is 0 Å². The van der Waals surface area contributed by atoms with Crippen molar-refractivity contribution in [2.24, 2.45) is 17.8 Å². The van der Waals surface area contributed by atoms with Crippen molar-refractivity contribution in [1.29, 1.82) is 0 Å². The second-order valence-corrected chi connectivity index (χ2v) is 4.98. The highest BCUT2D eigenvalue weighted by molar-refractivity contribution is 5.96. The summed E-state index contributed by atoms with van der Waals surface area (Å²) in [4.78, 5) is 14.0. The van der Waals surface area contributed by atoms with Crippen LogP contribution in [0.1, 0.15) is 27.2 Å². The molecule has 1 aliphatic heterocycles. The van der Waals surface area contributed by atoms with Crippen molar-refractivity contribution < 1.29 is 4.79 Å². The first-order valence-electron chi connectivity index (χ1n) is 5.40. The number of rotatable bonds is 0. The van der Waals surface area contributed by atoms with Gasteiger partial charge in [0.05, 0.1) is 0 Å². The monoisotopic (exact) mass is 193 g/mol. The molecule has 1 saturated carbocycles. The maximum absolute atomic E-state index is 11.9. The number of nitrogens with zero attached hydrogens (tertiary/aromatic N) is 1. The quantitative estimate of drug-likeness (QED) is 0.587. The van der Waals surface area contributed by atoms with Gasteiger partial charge >= 0.3 is 0 Å². The normalized spacial score (nSPS) is 47.4. The van der Waals surface area contributed by atoms with E-state index in [0.717, 1.165) is 12.1 Å². The molecule has 78 valence electrons. The van der Waals surface area contributed by atoms with Gasteiger partial charge in [-0.1, -0.05) is 27.4 Å². The molecule has 2 nitrogen and oxygen atoms in total. The molecule has 0 aromatic rings. The lowest BCUT2D eigenvalue weighted by Gasteiger charge is -2.51. The number of likely N-dealkylation sites (N-methyl/N-ethyl adjacent to an activating group) is 1. The third-order valence-electron chi connectivity index (χ3n) is 4.65. The molecule has 1 aliphatic carbocycles. The molecule has 0 N–H and O–H groups in total. The Morgan fingerprint density at radius 2 is 2.00 bits per heavy atom. The summed E-state index contributed by atoms with van der Waals surface area (Å²) in [7, 11) is 2.02. The molecule has 1 spiro atoms. The van der Waals surface area contributed by atoms with Crippen LogP contribution in [-0.4, -0.2) is 23.3 Å². The summed E-state index contributed by atoms with van der Waals surface area (Å²) in [5, 5.41) is 0. The number of carbonyl (C=O) groups excluding carboxylic acids is 1. The highest BCUT2D eigenvalue weighted by Crippen LogP contribution is 2.54. The summed E-state index contributed by atoms with van der Waals surface area (Å²) in [6.45, 7) is 10.6. The van der Waals surface area contributed by atoms with E-state index >= 15 is 0 Å². The molecule has 2 aliphatic rings. The van der Waals surface area contributed by atoms with Gasteiger partial charge in [0.2, 0.25) is 0 Å². The molecule has 2 rings (SSSR count). The molecule has 0 aromatic heterocycles. The number of hydrogen-bond acceptors (Lipinski definition) is 2. The maximum Gasteiger partial charge on any atom is 0.159 e. The molecule has 14 heavy (non-hydrogen) atoms. The zero-order chi connectivity index (χ0) is 10.7. The second kappa shape index (κ2) is 2.62. The molecule has 4 unspecified atom stereocenters. The van der Waals surface area contributed by atoms with E-state index in [0.29, 0.717) is 23.5 Å². The Bertz CT molecular complexity index is 309. The van der Waals surface area contributed by atoms with Crippen molar-refractivity contribution in [2.75, 3.05) is 7.05 Å². The van der Waals surface area contributed by atoms with Crippen LogP contribution in [0.25, 0.3) is 0 Å².